The summed E-state index contributed by atoms with van der Waals surface area (Å²) in [6, 6.07) is 24.0. The van der Waals surface area contributed by atoms with E-state index in [1.807, 2.05) is 78.9 Å². The quantitative estimate of drug-likeness (QED) is 0.106. The second-order valence-electron chi connectivity index (χ2n) is 11.0. The van der Waals surface area contributed by atoms with Crippen LogP contribution in [-0.2, 0) is 59.4 Å². The van der Waals surface area contributed by atoms with E-state index < -0.39 is 30.1 Å². The average Bonchev–Trinajstić information content (AvgIpc) is 3.07. The Labute approximate surface area is 275 Å². The average molecular weight is 646 g/mol. The number of methoxy groups -OCH3 is 1. The number of carbonyl (C=O) groups is 5. The zero-order valence-electron chi connectivity index (χ0n) is 26.9. The summed E-state index contributed by atoms with van der Waals surface area (Å²) in [6.45, 7) is 2.03. The molecule has 0 aliphatic rings. The second kappa shape index (κ2) is 20.0. The molecular weight excluding hydrogens is 602 g/mol. The van der Waals surface area contributed by atoms with Crippen molar-refractivity contribution in [2.24, 2.45) is 0 Å². The van der Waals surface area contributed by atoms with Crippen molar-refractivity contribution in [3.8, 4) is 0 Å². The highest BCUT2D eigenvalue weighted by Crippen LogP contribution is 2.13. The zero-order valence-corrected chi connectivity index (χ0v) is 26.9. The number of benzene rings is 3. The van der Waals surface area contributed by atoms with Gasteiger partial charge in [-0.2, -0.15) is 0 Å². The molecule has 0 saturated heterocycles. The Morgan fingerprint density at radius 1 is 0.638 bits per heavy atom. The van der Waals surface area contributed by atoms with Crippen LogP contribution in [0.3, 0.4) is 0 Å². The molecule has 0 aromatic heterocycles. The van der Waals surface area contributed by atoms with Crippen molar-refractivity contribution in [3.63, 3.8) is 0 Å². The third kappa shape index (κ3) is 14.2. The third-order valence-electron chi connectivity index (χ3n) is 7.14. The molecule has 3 amide bonds. The number of ether oxygens (including phenoxy) is 3. The number of nitrogens with one attached hydrogen (secondary N) is 3. The van der Waals surface area contributed by atoms with Gasteiger partial charge in [0.1, 0.15) is 25.3 Å². The van der Waals surface area contributed by atoms with Gasteiger partial charge in [0.25, 0.3) is 0 Å². The molecule has 0 saturated carbocycles. The monoisotopic (exact) mass is 645 g/mol. The van der Waals surface area contributed by atoms with Crippen LogP contribution in [0.2, 0.25) is 0 Å². The minimum absolute atomic E-state index is 0.0804. The molecule has 2 atom stereocenters. The summed E-state index contributed by atoms with van der Waals surface area (Å²) in [5.41, 5.74) is 3.21. The Balaban J connectivity index is 1.45. The number of carbonyl (C=O) groups excluding carboxylic acids is 5. The van der Waals surface area contributed by atoms with Crippen molar-refractivity contribution in [1.82, 2.24) is 16.0 Å². The summed E-state index contributed by atoms with van der Waals surface area (Å²) < 4.78 is 15.6. The van der Waals surface area contributed by atoms with Crippen molar-refractivity contribution < 1.29 is 38.2 Å². The lowest BCUT2D eigenvalue weighted by Gasteiger charge is -2.19. The van der Waals surface area contributed by atoms with Gasteiger partial charge in [0, 0.05) is 32.7 Å². The lowest BCUT2D eigenvalue weighted by atomic mass is 9.99. The number of rotatable bonds is 18. The Morgan fingerprint density at radius 2 is 1.19 bits per heavy atom. The molecule has 0 aliphatic heterocycles. The minimum Gasteiger partial charge on any atom is -0.467 e. The SMILES string of the molecule is COC(=O)[C@H](Cc1cccc(C[C@H](NC(C)=O)C(=O)OCc2ccccc2)c1)NC(=O)CCCCCNC(=O)OCc1ccccc1. The van der Waals surface area contributed by atoms with Crippen molar-refractivity contribution in [3.05, 3.63) is 107 Å². The summed E-state index contributed by atoms with van der Waals surface area (Å²) in [5.74, 6) is -1.80. The highest BCUT2D eigenvalue weighted by molar-refractivity contribution is 5.85. The van der Waals surface area contributed by atoms with Crippen LogP contribution >= 0.6 is 0 Å². The molecule has 11 nitrogen and oxygen atoms in total. The molecule has 250 valence electrons. The maximum absolute atomic E-state index is 12.8. The van der Waals surface area contributed by atoms with E-state index in [0.717, 1.165) is 22.3 Å². The van der Waals surface area contributed by atoms with Crippen LogP contribution in [0.15, 0.2) is 84.9 Å². The first-order valence-electron chi connectivity index (χ1n) is 15.6. The first-order chi connectivity index (χ1) is 22.7. The first-order valence-corrected chi connectivity index (χ1v) is 15.6. The molecule has 0 radical (unpaired) electrons. The van der Waals surface area contributed by atoms with Crippen LogP contribution in [0.4, 0.5) is 4.79 Å². The zero-order chi connectivity index (χ0) is 33.9. The molecule has 11 heteroatoms. The largest absolute Gasteiger partial charge is 0.467 e. The van der Waals surface area contributed by atoms with E-state index in [-0.39, 0.29) is 44.3 Å². The van der Waals surface area contributed by atoms with Gasteiger partial charge in [0.2, 0.25) is 11.8 Å². The van der Waals surface area contributed by atoms with Crippen LogP contribution in [0, 0.1) is 0 Å². The van der Waals surface area contributed by atoms with E-state index in [1.54, 1.807) is 6.07 Å². The van der Waals surface area contributed by atoms with Crippen molar-refractivity contribution >= 4 is 29.8 Å². The molecular formula is C36H43N3O8. The normalized spacial score (nSPS) is 11.8. The molecule has 3 N–H and O–H groups in total. The number of hydrogen-bond acceptors (Lipinski definition) is 8. The van der Waals surface area contributed by atoms with Gasteiger partial charge in [0.05, 0.1) is 7.11 Å². The molecule has 0 spiro atoms. The van der Waals surface area contributed by atoms with Crippen LogP contribution in [-0.4, -0.2) is 55.6 Å². The molecule has 3 aromatic rings. The fourth-order valence-electron chi connectivity index (χ4n) is 4.78. The maximum Gasteiger partial charge on any atom is 0.407 e. The van der Waals surface area contributed by atoms with Crippen LogP contribution in [0.25, 0.3) is 0 Å². The molecule has 0 heterocycles. The second-order valence-corrected chi connectivity index (χ2v) is 11.0. The summed E-state index contributed by atoms with van der Waals surface area (Å²) in [7, 11) is 1.26. The first kappa shape index (κ1) is 36.3. The fourth-order valence-corrected chi connectivity index (χ4v) is 4.78. The van der Waals surface area contributed by atoms with E-state index in [1.165, 1.54) is 14.0 Å². The van der Waals surface area contributed by atoms with Crippen LogP contribution in [0.5, 0.6) is 0 Å². The van der Waals surface area contributed by atoms with Gasteiger partial charge < -0.3 is 30.2 Å². The van der Waals surface area contributed by atoms with Crippen LogP contribution in [0.1, 0.15) is 54.9 Å². The summed E-state index contributed by atoms with van der Waals surface area (Å²) in [6.07, 6.45) is 1.99. The van der Waals surface area contributed by atoms with E-state index >= 15 is 0 Å². The minimum atomic E-state index is -0.911. The van der Waals surface area contributed by atoms with Gasteiger partial charge in [-0.3, -0.25) is 9.59 Å². The van der Waals surface area contributed by atoms with Crippen molar-refractivity contribution in [2.75, 3.05) is 13.7 Å². The smallest absolute Gasteiger partial charge is 0.407 e. The van der Waals surface area contributed by atoms with Gasteiger partial charge in [-0.25, -0.2) is 14.4 Å². The molecule has 0 bridgehead atoms. The molecule has 3 rings (SSSR count). The number of unbranched alkanes of at least 4 members (excludes halogenated alkanes) is 2. The predicted octanol–water partition coefficient (Wildman–Crippen LogP) is 4.16. The van der Waals surface area contributed by atoms with E-state index in [0.29, 0.717) is 25.8 Å². The van der Waals surface area contributed by atoms with E-state index in [4.69, 9.17) is 14.2 Å². The van der Waals surface area contributed by atoms with Gasteiger partial charge >= 0.3 is 18.0 Å². The number of amides is 3. The Morgan fingerprint density at radius 3 is 1.77 bits per heavy atom. The Hall–Kier alpha value is -5.19. The number of hydrogen-bond donors (Lipinski definition) is 3. The van der Waals surface area contributed by atoms with Crippen molar-refractivity contribution in [1.29, 1.82) is 0 Å². The highest BCUT2D eigenvalue weighted by Gasteiger charge is 2.24. The number of alkyl carbamates (subject to hydrolysis) is 1. The van der Waals surface area contributed by atoms with Gasteiger partial charge in [0.15, 0.2) is 0 Å². The van der Waals surface area contributed by atoms with E-state index in [2.05, 4.69) is 16.0 Å². The van der Waals surface area contributed by atoms with Crippen LogP contribution < -0.4 is 16.0 Å². The standard InChI is InChI=1S/C36H43N3O8/c1-26(40)38-32(35(43)46-24-27-13-6-3-7-14-27)23-30-18-12-17-29(21-30)22-31(34(42)45-2)39-33(41)19-10-5-11-20-37-36(44)47-25-28-15-8-4-9-16-28/h3-4,6-9,12-18,21,31-32H,5,10-11,19-20,22-25H2,1-2H3,(H,37,44)(H,38,40)(H,39,41)/t31-,32-/m0/s1. The lowest BCUT2D eigenvalue weighted by Crippen LogP contribution is -2.43. The Kier molecular flexibility index (Phi) is 15.5. The highest BCUT2D eigenvalue weighted by atomic mass is 16.5. The predicted molar refractivity (Wildman–Crippen MR) is 175 cm³/mol. The van der Waals surface area contributed by atoms with Gasteiger partial charge in [-0.15, -0.1) is 0 Å². The molecule has 47 heavy (non-hydrogen) atoms. The molecule has 3 aromatic carbocycles. The third-order valence-corrected chi connectivity index (χ3v) is 7.14. The maximum atomic E-state index is 12.8. The summed E-state index contributed by atoms with van der Waals surface area (Å²) in [5, 5.41) is 8.11. The molecule has 0 fully saturated rings. The van der Waals surface area contributed by atoms with Crippen molar-refractivity contribution in [2.45, 2.75) is 70.7 Å². The molecule has 0 aliphatic carbocycles. The number of esters is 2. The van der Waals surface area contributed by atoms with Gasteiger partial charge in [-0.05, 0) is 35.1 Å². The lowest BCUT2D eigenvalue weighted by molar-refractivity contribution is -0.149. The fraction of sp³-hybridized carbons (Fsp3) is 0.361. The Bertz CT molecular complexity index is 1450. The summed E-state index contributed by atoms with van der Waals surface area (Å²) in [4.78, 5) is 61.8. The van der Waals surface area contributed by atoms with Gasteiger partial charge in [-0.1, -0.05) is 91.3 Å². The summed E-state index contributed by atoms with van der Waals surface area (Å²) >= 11 is 0. The topological polar surface area (TPSA) is 149 Å². The molecule has 0 unspecified atom stereocenters. The van der Waals surface area contributed by atoms with E-state index in [9.17, 15) is 24.0 Å².